The minimum absolute atomic E-state index is 0.384. The molecule has 1 saturated heterocycles. The highest BCUT2D eigenvalue weighted by Gasteiger charge is 2.49. The second-order valence-corrected chi connectivity index (χ2v) is 8.66. The summed E-state index contributed by atoms with van der Waals surface area (Å²) in [5, 5.41) is 5.85. The first-order valence-electron chi connectivity index (χ1n) is 9.82. The lowest BCUT2D eigenvalue weighted by atomic mass is 9.91. The van der Waals surface area contributed by atoms with E-state index in [2.05, 4.69) is 15.6 Å². The van der Waals surface area contributed by atoms with E-state index in [0.717, 1.165) is 26.6 Å². The summed E-state index contributed by atoms with van der Waals surface area (Å²) in [7, 11) is 0. The Bertz CT molecular complexity index is 1160. The molecule has 1 aliphatic rings. The molecule has 1 aliphatic heterocycles. The normalized spacial score (nSPS) is 18.2. The van der Waals surface area contributed by atoms with Gasteiger partial charge in [0.15, 0.2) is 5.13 Å². The van der Waals surface area contributed by atoms with Crippen molar-refractivity contribution in [2.45, 2.75) is 26.3 Å². The van der Waals surface area contributed by atoms with Crippen molar-refractivity contribution in [1.82, 2.24) is 15.2 Å². The molecule has 1 atom stereocenters. The van der Waals surface area contributed by atoms with Gasteiger partial charge >= 0.3 is 6.03 Å². The van der Waals surface area contributed by atoms with Crippen LogP contribution in [0.4, 0.5) is 9.93 Å². The van der Waals surface area contributed by atoms with Crippen LogP contribution in [0, 0.1) is 13.8 Å². The predicted octanol–water partition coefficient (Wildman–Crippen LogP) is 3.83. The zero-order valence-corrected chi connectivity index (χ0v) is 18.2. The molecule has 4 amide bonds. The van der Waals surface area contributed by atoms with E-state index in [0.29, 0.717) is 10.7 Å². The van der Waals surface area contributed by atoms with Crippen molar-refractivity contribution >= 4 is 34.3 Å². The van der Waals surface area contributed by atoms with Crippen LogP contribution in [0.1, 0.15) is 23.7 Å². The zero-order chi connectivity index (χ0) is 22.2. The molecular weight excluding hydrogens is 412 g/mol. The lowest BCUT2D eigenvalue weighted by Crippen LogP contribution is -2.42. The van der Waals surface area contributed by atoms with Crippen LogP contribution in [0.15, 0.2) is 54.6 Å². The maximum absolute atomic E-state index is 13.0. The van der Waals surface area contributed by atoms with Crippen molar-refractivity contribution < 1.29 is 14.4 Å². The summed E-state index contributed by atoms with van der Waals surface area (Å²) < 4.78 is 0. The minimum atomic E-state index is -1.21. The smallest absolute Gasteiger partial charge is 0.319 e. The summed E-state index contributed by atoms with van der Waals surface area (Å²) in [5.74, 6) is -0.943. The molecule has 31 heavy (non-hydrogen) atoms. The fourth-order valence-electron chi connectivity index (χ4n) is 3.53. The van der Waals surface area contributed by atoms with E-state index in [1.165, 1.54) is 11.3 Å². The number of thiazole rings is 1. The summed E-state index contributed by atoms with van der Waals surface area (Å²) in [5.41, 5.74) is 2.33. The Hall–Kier alpha value is -3.52. The first kappa shape index (κ1) is 20.7. The van der Waals surface area contributed by atoms with Crippen LogP contribution >= 0.6 is 11.3 Å². The van der Waals surface area contributed by atoms with Gasteiger partial charge in [-0.15, -0.1) is 0 Å². The van der Waals surface area contributed by atoms with Gasteiger partial charge in [0.25, 0.3) is 5.91 Å². The van der Waals surface area contributed by atoms with Crippen LogP contribution in [0.5, 0.6) is 0 Å². The molecule has 1 aromatic heterocycles. The maximum Gasteiger partial charge on any atom is 0.325 e. The van der Waals surface area contributed by atoms with E-state index in [-0.39, 0.29) is 6.54 Å². The van der Waals surface area contributed by atoms with Gasteiger partial charge in [0, 0.05) is 0 Å². The van der Waals surface area contributed by atoms with E-state index in [1.54, 1.807) is 19.1 Å². The van der Waals surface area contributed by atoms with Gasteiger partial charge in [-0.1, -0.05) is 71.5 Å². The average Bonchev–Trinajstić information content (AvgIpc) is 3.21. The molecule has 2 aromatic carbocycles. The van der Waals surface area contributed by atoms with Crippen molar-refractivity contribution in [3.05, 3.63) is 71.4 Å². The zero-order valence-electron chi connectivity index (χ0n) is 17.4. The fraction of sp³-hybridized carbons (Fsp3) is 0.217. The SMILES string of the molecule is Cc1ccc(C2(C)NC(=O)N(CC(=O)Nc3nc(C)c(-c4ccccc4)s3)C2=O)cc1. The first-order chi connectivity index (χ1) is 14.8. The lowest BCUT2D eigenvalue weighted by molar-refractivity contribution is -0.133. The van der Waals surface area contributed by atoms with Gasteiger partial charge in [-0.3, -0.25) is 14.5 Å². The molecule has 3 aromatic rings. The van der Waals surface area contributed by atoms with Crippen LogP contribution < -0.4 is 10.6 Å². The van der Waals surface area contributed by atoms with Gasteiger partial charge < -0.3 is 10.6 Å². The van der Waals surface area contributed by atoms with E-state index >= 15 is 0 Å². The number of hydrogen-bond donors (Lipinski definition) is 2. The Kier molecular flexibility index (Phi) is 5.32. The summed E-state index contributed by atoms with van der Waals surface area (Å²) in [4.78, 5) is 44.4. The second kappa shape index (κ2) is 7.96. The molecule has 1 unspecified atom stereocenters. The number of rotatable bonds is 5. The summed E-state index contributed by atoms with van der Waals surface area (Å²) in [6.45, 7) is 5.08. The molecule has 4 rings (SSSR count). The number of anilines is 1. The third-order valence-electron chi connectivity index (χ3n) is 5.28. The number of carbonyl (C=O) groups excluding carboxylic acids is 3. The fourth-order valence-corrected chi connectivity index (χ4v) is 4.52. The van der Waals surface area contributed by atoms with Crippen molar-refractivity contribution in [3.63, 3.8) is 0 Å². The van der Waals surface area contributed by atoms with E-state index < -0.39 is 23.4 Å². The van der Waals surface area contributed by atoms with Crippen molar-refractivity contribution in [2.24, 2.45) is 0 Å². The molecule has 2 N–H and O–H groups in total. The lowest BCUT2D eigenvalue weighted by Gasteiger charge is -2.22. The number of amides is 4. The van der Waals surface area contributed by atoms with Crippen LogP contribution in [-0.2, 0) is 15.1 Å². The van der Waals surface area contributed by atoms with Gasteiger partial charge in [0.2, 0.25) is 5.91 Å². The highest BCUT2D eigenvalue weighted by molar-refractivity contribution is 7.19. The Labute approximate surface area is 184 Å². The van der Waals surface area contributed by atoms with Crippen molar-refractivity contribution in [3.8, 4) is 10.4 Å². The van der Waals surface area contributed by atoms with Crippen LogP contribution in [0.3, 0.4) is 0 Å². The molecule has 0 bridgehead atoms. The Morgan fingerprint density at radius 3 is 2.45 bits per heavy atom. The van der Waals surface area contributed by atoms with E-state index in [9.17, 15) is 14.4 Å². The Morgan fingerprint density at radius 1 is 1.10 bits per heavy atom. The van der Waals surface area contributed by atoms with Gasteiger partial charge in [0.1, 0.15) is 12.1 Å². The van der Waals surface area contributed by atoms with Crippen molar-refractivity contribution in [1.29, 1.82) is 0 Å². The Balaban J connectivity index is 1.47. The molecule has 8 heteroatoms. The summed E-state index contributed by atoms with van der Waals surface area (Å²) in [6, 6.07) is 16.5. The number of urea groups is 1. The third-order valence-corrected chi connectivity index (χ3v) is 6.41. The summed E-state index contributed by atoms with van der Waals surface area (Å²) >= 11 is 1.35. The Morgan fingerprint density at radius 2 is 1.77 bits per heavy atom. The number of nitrogens with one attached hydrogen (secondary N) is 2. The highest BCUT2D eigenvalue weighted by Crippen LogP contribution is 2.33. The second-order valence-electron chi connectivity index (χ2n) is 7.66. The molecule has 2 heterocycles. The quantitative estimate of drug-likeness (QED) is 0.597. The first-order valence-corrected chi connectivity index (χ1v) is 10.6. The monoisotopic (exact) mass is 434 g/mol. The molecule has 0 radical (unpaired) electrons. The van der Waals surface area contributed by atoms with Crippen LogP contribution in [-0.4, -0.2) is 34.3 Å². The van der Waals surface area contributed by atoms with E-state index in [1.807, 2.05) is 56.3 Å². The third kappa shape index (κ3) is 3.94. The standard InChI is InChI=1S/C23H22N4O3S/c1-14-9-11-17(12-10-14)23(3)20(29)27(22(30)26-23)13-18(28)25-21-24-15(2)19(31-21)16-7-5-4-6-8-16/h4-12H,13H2,1-3H3,(H,26,30)(H,24,25,28). The van der Waals surface area contributed by atoms with Gasteiger partial charge in [-0.25, -0.2) is 9.78 Å². The van der Waals surface area contributed by atoms with Gasteiger partial charge in [-0.2, -0.15) is 0 Å². The minimum Gasteiger partial charge on any atom is -0.319 e. The molecule has 158 valence electrons. The highest BCUT2D eigenvalue weighted by atomic mass is 32.1. The predicted molar refractivity (Wildman–Crippen MR) is 120 cm³/mol. The van der Waals surface area contributed by atoms with Crippen LogP contribution in [0.25, 0.3) is 10.4 Å². The van der Waals surface area contributed by atoms with Crippen molar-refractivity contribution in [2.75, 3.05) is 11.9 Å². The van der Waals surface area contributed by atoms with Crippen LogP contribution in [0.2, 0.25) is 0 Å². The number of carbonyl (C=O) groups is 3. The number of aromatic nitrogens is 1. The maximum atomic E-state index is 13.0. The van der Waals surface area contributed by atoms with Gasteiger partial charge in [-0.05, 0) is 31.9 Å². The number of imide groups is 1. The largest absolute Gasteiger partial charge is 0.325 e. The molecule has 0 aliphatic carbocycles. The molecule has 1 fully saturated rings. The topological polar surface area (TPSA) is 91.4 Å². The van der Waals surface area contributed by atoms with Gasteiger partial charge in [0.05, 0.1) is 10.6 Å². The summed E-state index contributed by atoms with van der Waals surface area (Å²) in [6.07, 6.45) is 0. The average molecular weight is 435 g/mol. The van der Waals surface area contributed by atoms with E-state index in [4.69, 9.17) is 0 Å². The number of hydrogen-bond acceptors (Lipinski definition) is 5. The molecular formula is C23H22N4O3S. The number of benzene rings is 2. The molecule has 0 saturated carbocycles. The number of nitrogens with zero attached hydrogens (tertiary/aromatic N) is 2. The molecule has 7 nitrogen and oxygen atoms in total. The number of aryl methyl sites for hydroxylation is 2. The molecule has 0 spiro atoms.